The minimum Gasteiger partial charge on any atom is -0.381 e. The summed E-state index contributed by atoms with van der Waals surface area (Å²) >= 11 is 5.99. The molecule has 1 aromatic heterocycles. The number of carbonyl (C=O) groups excluding carboxylic acids is 1. The second-order valence-corrected chi connectivity index (χ2v) is 5.49. The van der Waals surface area contributed by atoms with Gasteiger partial charge in [-0.05, 0) is 12.8 Å². The summed E-state index contributed by atoms with van der Waals surface area (Å²) in [6, 6.07) is 0.144. The summed E-state index contributed by atoms with van der Waals surface area (Å²) in [5, 5.41) is 3.19. The van der Waals surface area contributed by atoms with Gasteiger partial charge >= 0.3 is 0 Å². The minimum absolute atomic E-state index is 0.144. The van der Waals surface area contributed by atoms with Crippen LogP contribution >= 0.6 is 11.6 Å². The second kappa shape index (κ2) is 5.84. The number of amides is 1. The van der Waals surface area contributed by atoms with Gasteiger partial charge in [0.15, 0.2) is 0 Å². The van der Waals surface area contributed by atoms with E-state index in [4.69, 9.17) is 16.3 Å². The largest absolute Gasteiger partial charge is 0.381 e. The van der Waals surface area contributed by atoms with Crippen molar-refractivity contribution in [3.63, 3.8) is 0 Å². The molecule has 6 heteroatoms. The minimum atomic E-state index is -0.242. The summed E-state index contributed by atoms with van der Waals surface area (Å²) in [7, 11) is 1.68. The van der Waals surface area contributed by atoms with E-state index in [2.05, 4.69) is 15.3 Å². The Morgan fingerprint density at radius 3 is 2.79 bits per heavy atom. The summed E-state index contributed by atoms with van der Waals surface area (Å²) in [5.74, 6) is 0.539. The number of rotatable bonds is 4. The fourth-order valence-corrected chi connectivity index (χ4v) is 2.12. The summed E-state index contributed by atoms with van der Waals surface area (Å²) in [4.78, 5) is 20.5. The number of aromatic nitrogens is 2. The van der Waals surface area contributed by atoms with E-state index in [1.165, 1.54) is 6.20 Å². The quantitative estimate of drug-likeness (QED) is 0.920. The maximum atomic E-state index is 12.1. The van der Waals surface area contributed by atoms with E-state index >= 15 is 0 Å². The monoisotopic (exact) mass is 283 g/mol. The third-order valence-corrected chi connectivity index (χ3v) is 3.53. The van der Waals surface area contributed by atoms with Gasteiger partial charge in [0.1, 0.15) is 11.5 Å². The first kappa shape index (κ1) is 14.2. The lowest BCUT2D eigenvalue weighted by molar-refractivity contribution is 0.0175. The highest BCUT2D eigenvalue weighted by Crippen LogP contribution is 2.23. The van der Waals surface area contributed by atoms with E-state index in [1.54, 1.807) is 7.11 Å². The third-order valence-electron chi connectivity index (χ3n) is 3.26. The Kier molecular flexibility index (Phi) is 4.37. The lowest BCUT2D eigenvalue weighted by Gasteiger charge is -2.34. The fraction of sp³-hybridized carbons (Fsp3) is 0.615. The Morgan fingerprint density at radius 1 is 1.53 bits per heavy atom. The number of carbonyl (C=O) groups is 1. The van der Waals surface area contributed by atoms with Crippen molar-refractivity contribution in [3.05, 3.63) is 22.7 Å². The molecule has 0 spiro atoms. The van der Waals surface area contributed by atoms with Crippen LogP contribution in [-0.2, 0) is 4.74 Å². The Hall–Kier alpha value is -1.20. The summed E-state index contributed by atoms with van der Waals surface area (Å²) < 4.78 is 5.17. The van der Waals surface area contributed by atoms with Gasteiger partial charge in [-0.2, -0.15) is 0 Å². The zero-order valence-corrected chi connectivity index (χ0v) is 12.1. The molecule has 1 aliphatic carbocycles. The topological polar surface area (TPSA) is 64.1 Å². The molecule has 1 aliphatic rings. The zero-order valence-electron chi connectivity index (χ0n) is 11.3. The molecule has 1 aromatic rings. The van der Waals surface area contributed by atoms with E-state index in [0.717, 1.165) is 12.8 Å². The molecule has 1 N–H and O–H groups in total. The van der Waals surface area contributed by atoms with E-state index in [-0.39, 0.29) is 34.7 Å². The zero-order chi connectivity index (χ0) is 14.0. The molecule has 0 saturated heterocycles. The average Bonchev–Trinajstić information content (AvgIpc) is 2.33. The lowest BCUT2D eigenvalue weighted by atomic mass is 9.89. The molecular weight excluding hydrogens is 266 g/mol. The molecule has 1 fully saturated rings. The SMILES string of the molecule is COC1CC(NC(=O)c2nc(C(C)C)ncc2Cl)C1. The number of ether oxygens (including phenoxy) is 1. The maximum absolute atomic E-state index is 12.1. The van der Waals surface area contributed by atoms with Crippen molar-refractivity contribution in [1.29, 1.82) is 0 Å². The highest BCUT2D eigenvalue weighted by atomic mass is 35.5. The van der Waals surface area contributed by atoms with Gasteiger partial charge in [-0.15, -0.1) is 0 Å². The number of nitrogens with one attached hydrogen (secondary N) is 1. The molecular formula is C13H18ClN3O2. The first-order chi connectivity index (χ1) is 9.01. The van der Waals surface area contributed by atoms with Crippen LogP contribution in [0.1, 0.15) is 48.9 Å². The Bertz CT molecular complexity index is 473. The maximum Gasteiger partial charge on any atom is 0.271 e. The van der Waals surface area contributed by atoms with Crippen LogP contribution in [-0.4, -0.2) is 35.1 Å². The van der Waals surface area contributed by atoms with E-state index in [9.17, 15) is 4.79 Å². The highest BCUT2D eigenvalue weighted by molar-refractivity contribution is 6.33. The van der Waals surface area contributed by atoms with Gasteiger partial charge in [-0.1, -0.05) is 25.4 Å². The number of hydrogen-bond acceptors (Lipinski definition) is 4. The molecule has 0 radical (unpaired) electrons. The number of methoxy groups -OCH3 is 1. The number of hydrogen-bond donors (Lipinski definition) is 1. The van der Waals surface area contributed by atoms with Crippen molar-refractivity contribution >= 4 is 17.5 Å². The fourth-order valence-electron chi connectivity index (χ4n) is 1.95. The molecule has 0 aliphatic heterocycles. The molecule has 5 nitrogen and oxygen atoms in total. The first-order valence-electron chi connectivity index (χ1n) is 6.37. The van der Waals surface area contributed by atoms with Crippen LogP contribution in [0.2, 0.25) is 5.02 Å². The van der Waals surface area contributed by atoms with Crippen molar-refractivity contribution in [2.75, 3.05) is 7.11 Å². The summed E-state index contributed by atoms with van der Waals surface area (Å²) in [6.45, 7) is 3.94. The van der Waals surface area contributed by atoms with Crippen molar-refractivity contribution in [1.82, 2.24) is 15.3 Å². The van der Waals surface area contributed by atoms with E-state index in [1.807, 2.05) is 13.8 Å². The van der Waals surface area contributed by atoms with Gasteiger partial charge in [-0.3, -0.25) is 4.79 Å². The van der Waals surface area contributed by atoms with Gasteiger partial charge in [0.2, 0.25) is 0 Å². The molecule has 104 valence electrons. The number of halogens is 1. The van der Waals surface area contributed by atoms with Crippen LogP contribution in [0.4, 0.5) is 0 Å². The van der Waals surface area contributed by atoms with Crippen molar-refractivity contribution < 1.29 is 9.53 Å². The molecule has 0 bridgehead atoms. The molecule has 0 atom stereocenters. The van der Waals surface area contributed by atoms with E-state index < -0.39 is 0 Å². The van der Waals surface area contributed by atoms with E-state index in [0.29, 0.717) is 5.82 Å². The Balaban J connectivity index is 2.04. The summed E-state index contributed by atoms with van der Waals surface area (Å²) in [6.07, 6.45) is 3.40. The van der Waals surface area contributed by atoms with Gasteiger partial charge in [-0.25, -0.2) is 9.97 Å². The van der Waals surface area contributed by atoms with Gasteiger partial charge in [0.25, 0.3) is 5.91 Å². The van der Waals surface area contributed by atoms with Crippen LogP contribution in [0.15, 0.2) is 6.20 Å². The molecule has 1 amide bonds. The highest BCUT2D eigenvalue weighted by Gasteiger charge is 2.31. The van der Waals surface area contributed by atoms with Gasteiger partial charge in [0, 0.05) is 19.1 Å². The van der Waals surface area contributed by atoms with Crippen LogP contribution in [0.5, 0.6) is 0 Å². The molecule has 1 saturated carbocycles. The molecule has 0 aromatic carbocycles. The van der Waals surface area contributed by atoms with Crippen LogP contribution in [0.3, 0.4) is 0 Å². The Labute approximate surface area is 117 Å². The Morgan fingerprint density at radius 2 is 2.21 bits per heavy atom. The molecule has 1 heterocycles. The van der Waals surface area contributed by atoms with Crippen molar-refractivity contribution in [2.45, 2.75) is 44.8 Å². The first-order valence-corrected chi connectivity index (χ1v) is 6.75. The standard InChI is InChI=1S/C13H18ClN3O2/c1-7(2)12-15-6-10(14)11(17-12)13(18)16-8-4-9(5-8)19-3/h6-9H,4-5H2,1-3H3,(H,16,18). The lowest BCUT2D eigenvalue weighted by Crippen LogP contribution is -2.47. The normalized spacial score (nSPS) is 22.2. The van der Waals surface area contributed by atoms with Crippen LogP contribution in [0, 0.1) is 0 Å². The number of nitrogens with zero attached hydrogens (tertiary/aromatic N) is 2. The summed E-state index contributed by atoms with van der Waals surface area (Å²) in [5.41, 5.74) is 0.251. The van der Waals surface area contributed by atoms with Crippen molar-refractivity contribution in [3.8, 4) is 0 Å². The van der Waals surface area contributed by atoms with Crippen molar-refractivity contribution in [2.24, 2.45) is 0 Å². The second-order valence-electron chi connectivity index (χ2n) is 5.08. The van der Waals surface area contributed by atoms with Crippen LogP contribution in [0.25, 0.3) is 0 Å². The van der Waals surface area contributed by atoms with Gasteiger partial charge < -0.3 is 10.1 Å². The average molecular weight is 284 g/mol. The predicted octanol–water partition coefficient (Wildman–Crippen LogP) is 2.16. The molecule has 2 rings (SSSR count). The molecule has 19 heavy (non-hydrogen) atoms. The van der Waals surface area contributed by atoms with Gasteiger partial charge in [0.05, 0.1) is 17.3 Å². The smallest absolute Gasteiger partial charge is 0.271 e. The third kappa shape index (κ3) is 3.22. The predicted molar refractivity (Wildman–Crippen MR) is 72.4 cm³/mol. The molecule has 0 unspecified atom stereocenters. The van der Waals surface area contributed by atoms with Crippen LogP contribution < -0.4 is 5.32 Å².